The van der Waals surface area contributed by atoms with Crippen molar-refractivity contribution in [3.05, 3.63) is 0 Å². The molecule has 0 nitrogen and oxygen atoms in total. The minimum absolute atomic E-state index is 0.594. The van der Waals surface area contributed by atoms with Crippen LogP contribution in [-0.4, -0.2) is 0 Å². The maximum absolute atomic E-state index is 3.22. The molecule has 0 aromatic heterocycles. The first kappa shape index (κ1) is 9.56. The van der Waals surface area contributed by atoms with Crippen molar-refractivity contribution in [1.82, 2.24) is 0 Å². The fourth-order valence-corrected chi connectivity index (χ4v) is 0.614. The van der Waals surface area contributed by atoms with E-state index in [0.717, 1.165) is 6.42 Å². The van der Waals surface area contributed by atoms with E-state index < -0.39 is 0 Å². The predicted molar refractivity (Wildman–Crippen MR) is 46.8 cm³/mol. The van der Waals surface area contributed by atoms with Gasteiger partial charge in [0.15, 0.2) is 0 Å². The van der Waals surface area contributed by atoms with E-state index in [1.54, 1.807) is 0 Å². The first-order valence-electron chi connectivity index (χ1n) is 4.29. The molecular formula is C10H18. The van der Waals surface area contributed by atoms with Gasteiger partial charge in [-0.25, -0.2) is 0 Å². The van der Waals surface area contributed by atoms with E-state index in [1.165, 1.54) is 19.3 Å². The molecule has 0 radical (unpaired) electrons. The van der Waals surface area contributed by atoms with Crippen molar-refractivity contribution in [2.24, 2.45) is 5.92 Å². The molecule has 0 aliphatic carbocycles. The molecule has 0 rings (SSSR count). The van der Waals surface area contributed by atoms with Crippen molar-refractivity contribution in [3.63, 3.8) is 0 Å². The molecule has 0 heteroatoms. The van der Waals surface area contributed by atoms with Crippen LogP contribution in [0.4, 0.5) is 0 Å². The Balaban J connectivity index is 3.29. The van der Waals surface area contributed by atoms with Crippen LogP contribution in [0.1, 0.15) is 46.5 Å². The lowest BCUT2D eigenvalue weighted by molar-refractivity contribution is 0.720. The van der Waals surface area contributed by atoms with Crippen LogP contribution in [-0.2, 0) is 0 Å². The lowest BCUT2D eigenvalue weighted by atomic mass is 10.1. The van der Waals surface area contributed by atoms with Crippen molar-refractivity contribution in [3.8, 4) is 11.8 Å². The van der Waals surface area contributed by atoms with Crippen molar-refractivity contribution >= 4 is 0 Å². The first-order valence-corrected chi connectivity index (χ1v) is 4.29. The zero-order chi connectivity index (χ0) is 7.82. The Labute approximate surface area is 65.0 Å². The summed E-state index contributed by atoms with van der Waals surface area (Å²) in [5.41, 5.74) is 0. The number of rotatable bonds is 3. The molecule has 0 spiro atoms. The number of hydrogen-bond donors (Lipinski definition) is 0. The highest BCUT2D eigenvalue weighted by Crippen LogP contribution is 1.98. The van der Waals surface area contributed by atoms with Gasteiger partial charge < -0.3 is 0 Å². The number of unbranched alkanes of at least 4 members (excludes halogenated alkanes) is 2. The molecule has 10 heavy (non-hydrogen) atoms. The molecule has 1 atom stereocenters. The Morgan fingerprint density at radius 1 is 1.30 bits per heavy atom. The molecule has 0 saturated heterocycles. The molecule has 0 aromatic carbocycles. The van der Waals surface area contributed by atoms with Crippen LogP contribution >= 0.6 is 0 Å². The smallest absolute Gasteiger partial charge is 0.0171 e. The lowest BCUT2D eigenvalue weighted by Gasteiger charge is -1.93. The maximum Gasteiger partial charge on any atom is 0.0171 e. The topological polar surface area (TPSA) is 0 Å². The molecule has 0 amide bonds. The summed E-state index contributed by atoms with van der Waals surface area (Å²) in [6.07, 6.45) is 4.78. The molecule has 0 fully saturated rings. The van der Waals surface area contributed by atoms with Gasteiger partial charge in [-0.3, -0.25) is 0 Å². The highest BCUT2D eigenvalue weighted by molar-refractivity contribution is 5.01. The predicted octanol–water partition coefficient (Wildman–Crippen LogP) is 3.23. The van der Waals surface area contributed by atoms with Gasteiger partial charge in [0.05, 0.1) is 0 Å². The van der Waals surface area contributed by atoms with E-state index in [-0.39, 0.29) is 0 Å². The van der Waals surface area contributed by atoms with E-state index in [2.05, 4.69) is 32.6 Å². The van der Waals surface area contributed by atoms with Crippen LogP contribution in [0.3, 0.4) is 0 Å². The van der Waals surface area contributed by atoms with Crippen molar-refractivity contribution < 1.29 is 0 Å². The summed E-state index contributed by atoms with van der Waals surface area (Å²) in [5.74, 6) is 7.00. The Morgan fingerprint density at radius 3 is 2.50 bits per heavy atom. The normalized spacial score (nSPS) is 11.9. The average molecular weight is 138 g/mol. The van der Waals surface area contributed by atoms with E-state index in [1.807, 2.05) is 0 Å². The summed E-state index contributed by atoms with van der Waals surface area (Å²) in [5, 5.41) is 0. The quantitative estimate of drug-likeness (QED) is 0.415. The standard InChI is InChI=1S/C10H18/c1-4-6-7-8-9-10(3)5-2/h10H,4-7H2,1-3H3. The number of hydrogen-bond acceptors (Lipinski definition) is 0. The zero-order valence-electron chi connectivity index (χ0n) is 7.41. The Kier molecular flexibility index (Phi) is 6.38. The molecule has 0 bridgehead atoms. The Hall–Kier alpha value is -0.440. The molecule has 0 aliphatic heterocycles. The summed E-state index contributed by atoms with van der Waals surface area (Å²) in [6, 6.07) is 0. The van der Waals surface area contributed by atoms with Crippen molar-refractivity contribution in [2.45, 2.75) is 46.5 Å². The summed E-state index contributed by atoms with van der Waals surface area (Å²) in [4.78, 5) is 0. The lowest BCUT2D eigenvalue weighted by Crippen LogP contribution is -1.84. The van der Waals surface area contributed by atoms with Gasteiger partial charge in [-0.1, -0.05) is 27.2 Å². The minimum Gasteiger partial charge on any atom is -0.103 e. The van der Waals surface area contributed by atoms with Gasteiger partial charge in [0, 0.05) is 12.3 Å². The molecule has 0 N–H and O–H groups in total. The summed E-state index contributed by atoms with van der Waals surface area (Å²) in [7, 11) is 0. The molecule has 58 valence electrons. The molecule has 0 heterocycles. The third-order valence-electron chi connectivity index (χ3n) is 1.62. The minimum atomic E-state index is 0.594. The first-order chi connectivity index (χ1) is 4.81. The Bertz CT molecular complexity index is 114. The summed E-state index contributed by atoms with van der Waals surface area (Å²) in [6.45, 7) is 6.56. The van der Waals surface area contributed by atoms with Gasteiger partial charge in [0.25, 0.3) is 0 Å². The molecule has 0 saturated carbocycles. The Morgan fingerprint density at radius 2 is 2.00 bits per heavy atom. The van der Waals surface area contributed by atoms with Gasteiger partial charge in [0.2, 0.25) is 0 Å². The molecule has 1 unspecified atom stereocenters. The van der Waals surface area contributed by atoms with Crippen LogP contribution in [0.5, 0.6) is 0 Å². The second-order valence-corrected chi connectivity index (χ2v) is 2.73. The van der Waals surface area contributed by atoms with E-state index in [9.17, 15) is 0 Å². The van der Waals surface area contributed by atoms with Gasteiger partial charge in [-0.2, -0.15) is 0 Å². The zero-order valence-corrected chi connectivity index (χ0v) is 7.41. The third-order valence-corrected chi connectivity index (χ3v) is 1.62. The van der Waals surface area contributed by atoms with Crippen LogP contribution in [0, 0.1) is 17.8 Å². The maximum atomic E-state index is 3.22. The highest BCUT2D eigenvalue weighted by atomic mass is 13.9. The highest BCUT2D eigenvalue weighted by Gasteiger charge is 1.87. The third kappa shape index (κ3) is 5.69. The fourth-order valence-electron chi connectivity index (χ4n) is 0.614. The van der Waals surface area contributed by atoms with E-state index in [0.29, 0.717) is 5.92 Å². The van der Waals surface area contributed by atoms with Crippen LogP contribution in [0.15, 0.2) is 0 Å². The van der Waals surface area contributed by atoms with Gasteiger partial charge in [-0.15, -0.1) is 11.8 Å². The van der Waals surface area contributed by atoms with Crippen LogP contribution in [0.25, 0.3) is 0 Å². The average Bonchev–Trinajstić information content (AvgIpc) is 1.98. The van der Waals surface area contributed by atoms with Gasteiger partial charge >= 0.3 is 0 Å². The second kappa shape index (κ2) is 6.68. The molecule has 0 aliphatic rings. The van der Waals surface area contributed by atoms with Crippen LogP contribution in [0.2, 0.25) is 0 Å². The largest absolute Gasteiger partial charge is 0.103 e. The van der Waals surface area contributed by atoms with E-state index >= 15 is 0 Å². The van der Waals surface area contributed by atoms with Crippen molar-refractivity contribution in [2.75, 3.05) is 0 Å². The second-order valence-electron chi connectivity index (χ2n) is 2.73. The van der Waals surface area contributed by atoms with Crippen LogP contribution < -0.4 is 0 Å². The molecular weight excluding hydrogens is 120 g/mol. The summed E-state index contributed by atoms with van der Waals surface area (Å²) >= 11 is 0. The van der Waals surface area contributed by atoms with Crippen molar-refractivity contribution in [1.29, 1.82) is 0 Å². The van der Waals surface area contributed by atoms with Gasteiger partial charge in [-0.05, 0) is 12.8 Å². The SMILES string of the molecule is CCCCC#CC(C)CC. The monoisotopic (exact) mass is 138 g/mol. The fraction of sp³-hybridized carbons (Fsp3) is 0.800. The van der Waals surface area contributed by atoms with E-state index in [4.69, 9.17) is 0 Å². The van der Waals surface area contributed by atoms with Gasteiger partial charge in [0.1, 0.15) is 0 Å². The molecule has 0 aromatic rings. The summed E-state index contributed by atoms with van der Waals surface area (Å²) < 4.78 is 0.